The summed E-state index contributed by atoms with van der Waals surface area (Å²) in [4.78, 5) is 16.4. The largest absolute Gasteiger partial charge is 0.350 e. The van der Waals surface area contributed by atoms with Crippen molar-refractivity contribution in [2.24, 2.45) is 0 Å². The van der Waals surface area contributed by atoms with Crippen molar-refractivity contribution in [2.75, 3.05) is 11.7 Å². The number of carbonyl (C=O) groups excluding carboxylic acids is 1. The van der Waals surface area contributed by atoms with Gasteiger partial charge in [0, 0.05) is 22.7 Å². The molecule has 1 aromatic heterocycles. The van der Waals surface area contributed by atoms with Gasteiger partial charge in [-0.05, 0) is 54.4 Å². The Morgan fingerprint density at radius 2 is 1.65 bits per heavy atom. The molecule has 3 N–H and O–H groups in total. The fourth-order valence-electron chi connectivity index (χ4n) is 3.43. The van der Waals surface area contributed by atoms with E-state index in [9.17, 15) is 17.6 Å². The van der Waals surface area contributed by atoms with Crippen LogP contribution < -0.4 is 10.9 Å². The minimum absolute atomic E-state index is 0.189. The molecule has 0 saturated heterocycles. The van der Waals surface area contributed by atoms with Gasteiger partial charge in [0.05, 0.1) is 10.6 Å². The Balaban J connectivity index is 1.67. The van der Waals surface area contributed by atoms with E-state index < -0.39 is 15.7 Å². The number of hydrogen-bond donors (Lipinski definition) is 3. The van der Waals surface area contributed by atoms with E-state index in [1.165, 1.54) is 24.3 Å². The Bertz CT molecular complexity index is 1380. The molecule has 0 atom stereocenters. The van der Waals surface area contributed by atoms with Crippen LogP contribution in [0.15, 0.2) is 71.6 Å². The second-order valence-electron chi connectivity index (χ2n) is 7.26. The average Bonchev–Trinajstić information content (AvgIpc) is 3.13. The maximum absolute atomic E-state index is 13.4. The van der Waals surface area contributed by atoms with E-state index >= 15 is 0 Å². The topological polar surface area (TPSA) is 91.1 Å². The van der Waals surface area contributed by atoms with Crippen molar-refractivity contribution in [1.82, 2.24) is 10.4 Å². The molecule has 3 aromatic carbocycles. The molecular weight excluding hydrogens is 417 g/mol. The van der Waals surface area contributed by atoms with E-state index in [-0.39, 0.29) is 10.7 Å². The summed E-state index contributed by atoms with van der Waals surface area (Å²) >= 11 is 0. The monoisotopic (exact) mass is 437 g/mol. The van der Waals surface area contributed by atoms with Crippen molar-refractivity contribution < 1.29 is 17.6 Å². The van der Waals surface area contributed by atoms with Gasteiger partial charge in [-0.15, -0.1) is 0 Å². The van der Waals surface area contributed by atoms with E-state index in [4.69, 9.17) is 0 Å². The second-order valence-corrected chi connectivity index (χ2v) is 9.27. The zero-order valence-electron chi connectivity index (χ0n) is 16.9. The molecule has 6 nitrogen and oxygen atoms in total. The number of fused-ring (bicyclic) bond motifs is 1. The first-order chi connectivity index (χ1) is 14.7. The van der Waals surface area contributed by atoms with E-state index in [1.54, 1.807) is 24.3 Å². The summed E-state index contributed by atoms with van der Waals surface area (Å²) in [5, 5.41) is 0.856. The number of aryl methyl sites for hydroxylation is 1. The number of halogens is 1. The zero-order valence-corrected chi connectivity index (χ0v) is 17.7. The predicted molar refractivity (Wildman–Crippen MR) is 119 cm³/mol. The van der Waals surface area contributed by atoms with Gasteiger partial charge in [0.25, 0.3) is 5.91 Å². The number of para-hydroxylation sites is 1. The highest BCUT2D eigenvalue weighted by Gasteiger charge is 2.20. The lowest BCUT2D eigenvalue weighted by atomic mass is 10.0. The fourth-order valence-corrected chi connectivity index (χ4v) is 4.06. The lowest BCUT2D eigenvalue weighted by Crippen LogP contribution is -2.30. The van der Waals surface area contributed by atoms with Crippen molar-refractivity contribution in [3.63, 3.8) is 0 Å². The quantitative estimate of drug-likeness (QED) is 0.403. The lowest BCUT2D eigenvalue weighted by molar-refractivity contribution is 0.0959. The van der Waals surface area contributed by atoms with Gasteiger partial charge in [0.2, 0.25) is 0 Å². The molecule has 8 heteroatoms. The van der Waals surface area contributed by atoms with Crippen LogP contribution >= 0.6 is 0 Å². The van der Waals surface area contributed by atoms with Crippen molar-refractivity contribution >= 4 is 32.3 Å². The van der Waals surface area contributed by atoms with E-state index in [2.05, 4.69) is 15.8 Å². The minimum Gasteiger partial charge on any atom is -0.350 e. The molecule has 0 fully saturated rings. The van der Waals surface area contributed by atoms with E-state index in [0.29, 0.717) is 22.5 Å². The van der Waals surface area contributed by atoms with Gasteiger partial charge in [-0.2, -0.15) is 0 Å². The first kappa shape index (κ1) is 20.6. The number of aromatic nitrogens is 1. The van der Waals surface area contributed by atoms with Crippen LogP contribution in [0, 0.1) is 12.7 Å². The van der Waals surface area contributed by atoms with Gasteiger partial charge in [-0.1, -0.05) is 30.3 Å². The van der Waals surface area contributed by atoms with Gasteiger partial charge in [0.1, 0.15) is 11.5 Å². The standard InChI is InChI=1S/C23H20FN3O3S/c1-14-4-3-5-19-20(15-6-8-16(24)9-7-15)22(25-21(14)19)23(28)27-26-17-10-12-18(13-11-17)31(2,29)30/h3-13,25-26H,1-2H3,(H,27,28). The Kier molecular flexibility index (Phi) is 5.24. The number of anilines is 1. The number of aromatic amines is 1. The van der Waals surface area contributed by atoms with Crippen molar-refractivity contribution in [3.05, 3.63) is 83.8 Å². The highest BCUT2D eigenvalue weighted by Crippen LogP contribution is 2.34. The van der Waals surface area contributed by atoms with Crippen LogP contribution in [0.2, 0.25) is 0 Å². The Morgan fingerprint density at radius 1 is 0.968 bits per heavy atom. The number of amides is 1. The molecule has 4 rings (SSSR count). The smallest absolute Gasteiger partial charge is 0.286 e. The van der Waals surface area contributed by atoms with E-state index in [0.717, 1.165) is 22.7 Å². The first-order valence-electron chi connectivity index (χ1n) is 9.48. The normalized spacial score (nSPS) is 11.5. The summed E-state index contributed by atoms with van der Waals surface area (Å²) in [5.74, 6) is -0.771. The molecule has 0 unspecified atom stereocenters. The summed E-state index contributed by atoms with van der Waals surface area (Å²) in [5.41, 5.74) is 9.46. The average molecular weight is 437 g/mol. The Morgan fingerprint density at radius 3 is 2.29 bits per heavy atom. The molecule has 1 amide bonds. The third kappa shape index (κ3) is 4.15. The minimum atomic E-state index is -3.30. The highest BCUT2D eigenvalue weighted by molar-refractivity contribution is 7.90. The Labute approximate surface area is 179 Å². The third-order valence-corrected chi connectivity index (χ3v) is 6.13. The van der Waals surface area contributed by atoms with Gasteiger partial charge >= 0.3 is 0 Å². The van der Waals surface area contributed by atoms with Gasteiger partial charge in [-0.3, -0.25) is 15.6 Å². The molecule has 0 aliphatic heterocycles. The number of sulfone groups is 1. The maximum Gasteiger partial charge on any atom is 0.286 e. The number of hydrazine groups is 1. The number of hydrogen-bond acceptors (Lipinski definition) is 4. The van der Waals surface area contributed by atoms with Crippen LogP contribution in [0.4, 0.5) is 10.1 Å². The van der Waals surface area contributed by atoms with Crippen LogP contribution in [0.5, 0.6) is 0 Å². The lowest BCUT2D eigenvalue weighted by Gasteiger charge is -2.10. The van der Waals surface area contributed by atoms with Crippen molar-refractivity contribution in [3.8, 4) is 11.1 Å². The molecule has 0 radical (unpaired) electrons. The zero-order chi connectivity index (χ0) is 22.2. The predicted octanol–water partition coefficient (Wildman–Crippen LogP) is 4.44. The number of carbonyl (C=O) groups is 1. The Hall–Kier alpha value is -3.65. The van der Waals surface area contributed by atoms with Crippen LogP contribution in [-0.2, 0) is 9.84 Å². The van der Waals surface area contributed by atoms with Gasteiger partial charge in [0.15, 0.2) is 9.84 Å². The van der Waals surface area contributed by atoms with Crippen molar-refractivity contribution in [2.45, 2.75) is 11.8 Å². The highest BCUT2D eigenvalue weighted by atomic mass is 32.2. The molecule has 1 heterocycles. The van der Waals surface area contributed by atoms with E-state index in [1.807, 2.05) is 25.1 Å². The molecule has 0 bridgehead atoms. The maximum atomic E-state index is 13.4. The number of rotatable bonds is 5. The number of nitrogens with one attached hydrogen (secondary N) is 3. The summed E-state index contributed by atoms with van der Waals surface area (Å²) in [6.45, 7) is 1.94. The summed E-state index contributed by atoms with van der Waals surface area (Å²) < 4.78 is 36.6. The molecule has 4 aromatic rings. The van der Waals surface area contributed by atoms with Crippen LogP contribution in [0.25, 0.3) is 22.0 Å². The summed E-state index contributed by atoms with van der Waals surface area (Å²) in [6, 6.07) is 17.8. The molecule has 0 saturated carbocycles. The molecule has 0 aliphatic carbocycles. The molecule has 158 valence electrons. The van der Waals surface area contributed by atoms with Crippen LogP contribution in [0.1, 0.15) is 16.1 Å². The summed E-state index contributed by atoms with van der Waals surface area (Å²) in [6.07, 6.45) is 1.13. The SMILES string of the molecule is Cc1cccc2c(-c3ccc(F)cc3)c(C(=O)NNc3ccc(S(C)(=O)=O)cc3)[nH]c12. The summed E-state index contributed by atoms with van der Waals surface area (Å²) in [7, 11) is -3.30. The van der Waals surface area contributed by atoms with Crippen molar-refractivity contribution in [1.29, 1.82) is 0 Å². The molecule has 31 heavy (non-hydrogen) atoms. The van der Waals surface area contributed by atoms with Crippen LogP contribution in [0.3, 0.4) is 0 Å². The van der Waals surface area contributed by atoms with Crippen LogP contribution in [-0.4, -0.2) is 25.6 Å². The fraction of sp³-hybridized carbons (Fsp3) is 0.0870. The third-order valence-electron chi connectivity index (χ3n) is 5.00. The van der Waals surface area contributed by atoms with Gasteiger partial charge in [-0.25, -0.2) is 12.8 Å². The number of benzene rings is 3. The van der Waals surface area contributed by atoms with Gasteiger partial charge < -0.3 is 4.98 Å². The molecular formula is C23H20FN3O3S. The second kappa shape index (κ2) is 7.88. The molecule has 0 spiro atoms. The molecule has 0 aliphatic rings. The number of H-pyrrole nitrogens is 1. The first-order valence-corrected chi connectivity index (χ1v) is 11.4.